The molecular weight excluding hydrogens is 579 g/mol. The van der Waals surface area contributed by atoms with Crippen LogP contribution in [-0.2, 0) is 38.1 Å². The number of rotatable bonds is 6. The van der Waals surface area contributed by atoms with Crippen molar-refractivity contribution in [1.29, 1.82) is 0 Å². The second-order valence-corrected chi connectivity index (χ2v) is 13.1. The molecule has 3 rings (SSSR count). The normalized spacial score (nSPS) is 44.3. The lowest BCUT2D eigenvalue weighted by molar-refractivity contribution is -0.297. The Bertz CT molecular complexity index is 1100. The highest BCUT2D eigenvalue weighted by molar-refractivity contribution is 6.07. The second-order valence-electron chi connectivity index (χ2n) is 13.1. The van der Waals surface area contributed by atoms with E-state index in [9.17, 15) is 24.3 Å². The summed E-state index contributed by atoms with van der Waals surface area (Å²) in [4.78, 5) is 54.9. The van der Waals surface area contributed by atoms with Crippen LogP contribution in [0.15, 0.2) is 12.7 Å². The number of hydrogen-bond donors (Lipinski definition) is 2. The number of aliphatic hydroxyl groups excluding tert-OH is 1. The minimum absolute atomic E-state index is 0.00301. The lowest BCUT2D eigenvalue weighted by Gasteiger charge is -2.47. The molecule has 0 aromatic rings. The van der Waals surface area contributed by atoms with Crippen molar-refractivity contribution >= 4 is 23.6 Å². The molecule has 0 saturated carbocycles. The summed E-state index contributed by atoms with van der Waals surface area (Å²) in [6, 6.07) is -1.24. The number of aliphatic hydroxyl groups is 1. The number of esters is 1. The number of carbonyl (C=O) groups excluding carboxylic acids is 4. The van der Waals surface area contributed by atoms with Crippen molar-refractivity contribution in [3.63, 3.8) is 0 Å². The van der Waals surface area contributed by atoms with Crippen LogP contribution in [0.25, 0.3) is 0 Å². The number of ether oxygens (including phenoxy) is 5. The molecular formula is C31H49FN2O10. The van der Waals surface area contributed by atoms with Crippen LogP contribution in [0.4, 0.5) is 9.18 Å². The first-order valence-electron chi connectivity index (χ1n) is 15.2. The van der Waals surface area contributed by atoms with Gasteiger partial charge in [0.25, 0.3) is 5.67 Å². The maximum absolute atomic E-state index is 16.2. The molecule has 0 bridgehead atoms. The maximum Gasteiger partial charge on any atom is 0.407 e. The number of likely N-dealkylation sites (N-methyl/N-ethyl adjacent to an activating group) is 1. The summed E-state index contributed by atoms with van der Waals surface area (Å²) in [5.41, 5.74) is -4.59. The Morgan fingerprint density at radius 2 is 1.73 bits per heavy atom. The number of amides is 1. The van der Waals surface area contributed by atoms with E-state index in [0.717, 1.165) is 6.92 Å². The predicted molar refractivity (Wildman–Crippen MR) is 156 cm³/mol. The molecule has 44 heavy (non-hydrogen) atoms. The molecule has 0 aliphatic carbocycles. The van der Waals surface area contributed by atoms with Gasteiger partial charge in [-0.1, -0.05) is 26.8 Å². The fourth-order valence-electron chi connectivity index (χ4n) is 6.69. The number of hydrogen-bond acceptors (Lipinski definition) is 11. The van der Waals surface area contributed by atoms with Gasteiger partial charge in [-0.25, -0.2) is 14.0 Å². The number of alkyl carbamates (subject to hydrolysis) is 1. The van der Waals surface area contributed by atoms with Crippen LogP contribution in [-0.4, -0.2) is 115 Å². The van der Waals surface area contributed by atoms with E-state index in [1.807, 2.05) is 25.9 Å². The molecule has 1 amide bonds. The van der Waals surface area contributed by atoms with Gasteiger partial charge in [0.15, 0.2) is 18.2 Å². The van der Waals surface area contributed by atoms with Gasteiger partial charge in [0.1, 0.15) is 18.0 Å². The fourth-order valence-corrected chi connectivity index (χ4v) is 6.69. The molecule has 3 fully saturated rings. The first-order valence-corrected chi connectivity index (χ1v) is 15.2. The zero-order chi connectivity index (χ0) is 33.3. The van der Waals surface area contributed by atoms with Crippen molar-refractivity contribution in [1.82, 2.24) is 10.2 Å². The molecule has 3 aliphatic heterocycles. The quantitative estimate of drug-likeness (QED) is 0.254. The Hall–Kier alpha value is -2.45. The van der Waals surface area contributed by atoms with E-state index in [0.29, 0.717) is 6.42 Å². The van der Waals surface area contributed by atoms with E-state index in [1.54, 1.807) is 20.8 Å². The van der Waals surface area contributed by atoms with E-state index in [1.165, 1.54) is 19.9 Å². The smallest absolute Gasteiger partial charge is 0.407 e. The van der Waals surface area contributed by atoms with Crippen molar-refractivity contribution in [2.75, 3.05) is 20.7 Å². The van der Waals surface area contributed by atoms with Crippen LogP contribution in [0.2, 0.25) is 0 Å². The van der Waals surface area contributed by atoms with Crippen LogP contribution >= 0.6 is 0 Å². The van der Waals surface area contributed by atoms with Crippen molar-refractivity contribution in [2.45, 2.75) is 121 Å². The van der Waals surface area contributed by atoms with E-state index in [-0.39, 0.29) is 31.0 Å². The Kier molecular flexibility index (Phi) is 11.4. The monoisotopic (exact) mass is 628 g/mol. The number of Topliss-reactive ketones (excluding diaryl/α,β-unsaturated/α-hetero) is 2. The van der Waals surface area contributed by atoms with Gasteiger partial charge in [-0.15, -0.1) is 6.58 Å². The van der Waals surface area contributed by atoms with Crippen molar-refractivity contribution in [3.05, 3.63) is 12.7 Å². The average Bonchev–Trinajstić information content (AvgIpc) is 3.35. The SMILES string of the molecule is C=CCO[C@@]1(C)C[C@@H](C)C(=O)[C@@H](C)C2NC(=O)OC2[C@@H](C)OC(=O)C(C)(F)C(=O)[C@H](C)[C@H]1O[C@@H]1O[C@H](C)C[C@H](N(C)C)[C@H]1O. The molecule has 3 saturated heterocycles. The second kappa shape index (κ2) is 13.9. The third-order valence-electron chi connectivity index (χ3n) is 9.23. The fraction of sp³-hybridized carbons (Fsp3) is 0.806. The Morgan fingerprint density at radius 3 is 2.32 bits per heavy atom. The molecule has 250 valence electrons. The van der Waals surface area contributed by atoms with E-state index >= 15 is 4.39 Å². The molecule has 0 radical (unpaired) electrons. The van der Waals surface area contributed by atoms with Gasteiger partial charge in [0, 0.05) is 23.8 Å². The number of carbonyl (C=O) groups is 4. The zero-order valence-electron chi connectivity index (χ0n) is 27.2. The number of cyclic esters (lactones) is 1. The number of fused-ring (bicyclic) bond motifs is 1. The minimum Gasteiger partial charge on any atom is -0.456 e. The van der Waals surface area contributed by atoms with Crippen molar-refractivity contribution in [2.24, 2.45) is 17.8 Å². The van der Waals surface area contributed by atoms with Crippen LogP contribution in [0.5, 0.6) is 0 Å². The molecule has 3 aliphatic rings. The minimum atomic E-state index is -3.14. The van der Waals surface area contributed by atoms with Crippen molar-refractivity contribution in [3.8, 4) is 0 Å². The topological polar surface area (TPSA) is 150 Å². The van der Waals surface area contributed by atoms with Gasteiger partial charge in [-0.3, -0.25) is 9.59 Å². The third kappa shape index (κ3) is 7.33. The Morgan fingerprint density at radius 1 is 1.09 bits per heavy atom. The van der Waals surface area contributed by atoms with Crippen LogP contribution in [0, 0.1) is 17.8 Å². The van der Waals surface area contributed by atoms with Gasteiger partial charge < -0.3 is 39.0 Å². The van der Waals surface area contributed by atoms with E-state index < -0.39 is 83.6 Å². The van der Waals surface area contributed by atoms with Gasteiger partial charge in [-0.2, -0.15) is 0 Å². The Labute approximate surface area is 258 Å². The van der Waals surface area contributed by atoms with E-state index in [2.05, 4.69) is 11.9 Å². The highest BCUT2D eigenvalue weighted by atomic mass is 19.1. The van der Waals surface area contributed by atoms with Crippen LogP contribution < -0.4 is 5.32 Å². The van der Waals surface area contributed by atoms with Gasteiger partial charge in [0.2, 0.25) is 0 Å². The molecule has 3 unspecified atom stereocenters. The molecule has 0 spiro atoms. The third-order valence-corrected chi connectivity index (χ3v) is 9.23. The molecule has 13 heteroatoms. The maximum atomic E-state index is 16.2. The molecule has 3 heterocycles. The predicted octanol–water partition coefficient (Wildman–Crippen LogP) is 2.35. The summed E-state index contributed by atoms with van der Waals surface area (Å²) in [5, 5.41) is 13.9. The first kappa shape index (κ1) is 36.0. The summed E-state index contributed by atoms with van der Waals surface area (Å²) < 4.78 is 45.5. The summed E-state index contributed by atoms with van der Waals surface area (Å²) in [7, 11) is 3.62. The average molecular weight is 629 g/mol. The highest BCUT2D eigenvalue weighted by Gasteiger charge is 2.55. The Balaban J connectivity index is 2.14. The standard InChI is InChI=1S/C31H49FN2O10/c1-11-12-40-30(7)14-15(2)22(35)17(4)21-24(43-29(39)33-21)19(6)42-28(38)31(8,32)25(37)18(5)26(30)44-27-23(36)20(34(9)10)13-16(3)41-27/h11,15-21,23-24,26-27,36H,1,12-14H2,2-10H3,(H,33,39)/t15-,16-,17+,18+,19-,20+,21?,23-,24?,26-,27+,30+,31?/m1/s1. The molecule has 0 aromatic carbocycles. The van der Waals surface area contributed by atoms with Gasteiger partial charge >= 0.3 is 12.1 Å². The zero-order valence-corrected chi connectivity index (χ0v) is 27.2. The number of halogens is 1. The number of alkyl halides is 1. The van der Waals surface area contributed by atoms with E-state index in [4.69, 9.17) is 23.7 Å². The molecule has 13 atom stereocenters. The molecule has 12 nitrogen and oxygen atoms in total. The largest absolute Gasteiger partial charge is 0.456 e. The van der Waals surface area contributed by atoms with Crippen LogP contribution in [0.1, 0.15) is 61.3 Å². The number of nitrogens with zero attached hydrogens (tertiary/aromatic N) is 1. The number of ketones is 2. The summed E-state index contributed by atoms with van der Waals surface area (Å²) in [6.07, 6.45) is -5.12. The lowest BCUT2D eigenvalue weighted by Crippen LogP contribution is -2.60. The highest BCUT2D eigenvalue weighted by Crippen LogP contribution is 2.39. The van der Waals surface area contributed by atoms with Crippen molar-refractivity contribution < 1.29 is 52.4 Å². The van der Waals surface area contributed by atoms with Crippen LogP contribution in [0.3, 0.4) is 0 Å². The van der Waals surface area contributed by atoms with Gasteiger partial charge in [-0.05, 0) is 54.6 Å². The molecule has 0 aromatic heterocycles. The first-order chi connectivity index (χ1) is 20.3. The van der Waals surface area contributed by atoms with Gasteiger partial charge in [0.05, 0.1) is 30.5 Å². The number of nitrogens with one attached hydrogen (secondary N) is 1. The summed E-state index contributed by atoms with van der Waals surface area (Å²) >= 11 is 0. The summed E-state index contributed by atoms with van der Waals surface area (Å²) in [6.45, 7) is 14.1. The summed E-state index contributed by atoms with van der Waals surface area (Å²) in [5.74, 6) is -5.74. The molecule has 2 N–H and O–H groups in total. The lowest BCUT2D eigenvalue weighted by atomic mass is 9.75.